The molecule has 3 unspecified atom stereocenters. The summed E-state index contributed by atoms with van der Waals surface area (Å²) >= 11 is 0. The van der Waals surface area contributed by atoms with Crippen LogP contribution in [0.15, 0.2) is 24.3 Å². The predicted molar refractivity (Wildman–Crippen MR) is 349 cm³/mol. The Morgan fingerprint density at radius 3 is 1.05 bits per heavy atom. The van der Waals surface area contributed by atoms with Crippen LogP contribution in [0.2, 0.25) is 0 Å². The molecular weight excluding hydrogens is 1020 g/mol. The van der Waals surface area contributed by atoms with Crippen LogP contribution in [0.25, 0.3) is 0 Å². The number of unbranched alkanes of at least 4 members (excludes halogenated alkanes) is 48. The van der Waals surface area contributed by atoms with E-state index in [1.807, 2.05) is 33.3 Å². The van der Waals surface area contributed by atoms with Crippen LogP contribution < -0.4 is 10.2 Å². The Kier molecular flexibility index (Phi) is 60.4. The minimum absolute atomic E-state index is 0.0176. The Morgan fingerprint density at radius 1 is 0.420 bits per heavy atom. The van der Waals surface area contributed by atoms with Crippen LogP contribution in [0.4, 0.5) is 0 Å². The molecule has 0 rings (SSSR count). The Labute approximate surface area is 504 Å². The molecule has 9 nitrogen and oxygen atoms in total. The Hall–Kier alpha value is -1.51. The molecule has 0 heterocycles. The summed E-state index contributed by atoms with van der Waals surface area (Å²) in [5.41, 5.74) is 0. The van der Waals surface area contributed by atoms with Crippen LogP contribution in [-0.4, -0.2) is 69.4 Å². The zero-order valence-corrected chi connectivity index (χ0v) is 55.9. The highest BCUT2D eigenvalue weighted by molar-refractivity contribution is 7.45. The summed E-state index contributed by atoms with van der Waals surface area (Å²) < 4.78 is 30.4. The third-order valence-corrected chi connectivity index (χ3v) is 17.3. The van der Waals surface area contributed by atoms with Crippen molar-refractivity contribution in [1.82, 2.24) is 5.32 Å². The molecule has 1 amide bonds. The lowest BCUT2D eigenvalue weighted by molar-refractivity contribution is -0.870. The van der Waals surface area contributed by atoms with Gasteiger partial charge >= 0.3 is 5.97 Å². The van der Waals surface area contributed by atoms with Crippen LogP contribution in [0.3, 0.4) is 0 Å². The first kappa shape index (κ1) is 79.5. The number of nitrogens with zero attached hydrogens (tertiary/aromatic N) is 1. The van der Waals surface area contributed by atoms with E-state index in [1.165, 1.54) is 276 Å². The molecule has 0 aromatic heterocycles. The summed E-state index contributed by atoms with van der Waals surface area (Å²) in [4.78, 5) is 40.1. The largest absolute Gasteiger partial charge is 0.756 e. The summed E-state index contributed by atoms with van der Waals surface area (Å²) in [5, 5.41) is 3.05. The maximum atomic E-state index is 13.6. The lowest BCUT2D eigenvalue weighted by Gasteiger charge is -2.30. The Balaban J connectivity index is 4.98. The monoisotopic (exact) mass is 1160 g/mol. The van der Waals surface area contributed by atoms with Crippen LogP contribution >= 0.6 is 7.82 Å². The summed E-state index contributed by atoms with van der Waals surface area (Å²) in [7, 11) is 1.21. The molecule has 0 aromatic carbocycles. The van der Waals surface area contributed by atoms with E-state index in [1.54, 1.807) is 0 Å². The van der Waals surface area contributed by atoms with Gasteiger partial charge in [-0.15, -0.1) is 0 Å². The van der Waals surface area contributed by atoms with Gasteiger partial charge < -0.3 is 28.5 Å². The van der Waals surface area contributed by atoms with Gasteiger partial charge in [0.2, 0.25) is 5.91 Å². The van der Waals surface area contributed by atoms with E-state index in [4.69, 9.17) is 13.8 Å². The van der Waals surface area contributed by atoms with Crippen molar-refractivity contribution in [3.63, 3.8) is 0 Å². The third kappa shape index (κ3) is 62.8. The molecule has 0 saturated carbocycles. The average Bonchev–Trinajstić information content (AvgIpc) is 3.44. The average molecular weight is 1160 g/mol. The first-order valence-electron chi connectivity index (χ1n) is 35.6. The summed E-state index contributed by atoms with van der Waals surface area (Å²) in [6.45, 7) is 6.91. The number of rotatable bonds is 66. The van der Waals surface area contributed by atoms with E-state index in [9.17, 15) is 19.0 Å². The van der Waals surface area contributed by atoms with Crippen molar-refractivity contribution in [2.75, 3.05) is 40.9 Å². The second kappa shape index (κ2) is 61.6. The number of hydrogen-bond acceptors (Lipinski definition) is 7. The third-order valence-electron chi connectivity index (χ3n) is 16.4. The minimum Gasteiger partial charge on any atom is -0.756 e. The maximum absolute atomic E-state index is 13.6. The number of likely N-dealkylation sites (N-methyl/N-ethyl adjacent to an activating group) is 1. The topological polar surface area (TPSA) is 114 Å². The van der Waals surface area contributed by atoms with E-state index in [0.717, 1.165) is 57.8 Å². The Bertz CT molecular complexity index is 1430. The van der Waals surface area contributed by atoms with Crippen molar-refractivity contribution >= 4 is 19.7 Å². The number of hydrogen-bond donors (Lipinski definition) is 1. The molecule has 10 heteroatoms. The normalized spacial score (nSPS) is 13.6. The number of allylic oxidation sites excluding steroid dienone is 3. The highest BCUT2D eigenvalue weighted by atomic mass is 31.2. The van der Waals surface area contributed by atoms with Gasteiger partial charge in [0.25, 0.3) is 7.82 Å². The fraction of sp³-hybridized carbons (Fsp3) is 0.915. The molecule has 0 aliphatic heterocycles. The fourth-order valence-corrected chi connectivity index (χ4v) is 11.6. The van der Waals surface area contributed by atoms with Crippen LogP contribution in [0.5, 0.6) is 0 Å². The van der Waals surface area contributed by atoms with Gasteiger partial charge in [0, 0.05) is 12.8 Å². The lowest BCUT2D eigenvalue weighted by Crippen LogP contribution is -2.47. The van der Waals surface area contributed by atoms with E-state index >= 15 is 0 Å². The van der Waals surface area contributed by atoms with Gasteiger partial charge in [-0.25, -0.2) is 0 Å². The second-order valence-corrected chi connectivity index (χ2v) is 27.2. The van der Waals surface area contributed by atoms with Gasteiger partial charge in [0.1, 0.15) is 19.3 Å². The number of ether oxygens (including phenoxy) is 1. The van der Waals surface area contributed by atoms with Crippen molar-refractivity contribution in [3.05, 3.63) is 24.3 Å². The number of nitrogens with one attached hydrogen (secondary N) is 1. The van der Waals surface area contributed by atoms with Crippen molar-refractivity contribution in [2.24, 2.45) is 0 Å². The number of phosphoric acid groups is 1. The van der Waals surface area contributed by atoms with E-state index in [2.05, 4.69) is 38.2 Å². The Morgan fingerprint density at radius 2 is 0.716 bits per heavy atom. The highest BCUT2D eigenvalue weighted by Gasteiger charge is 2.27. The molecule has 0 bridgehead atoms. The number of esters is 1. The number of phosphoric ester groups is 1. The summed E-state index contributed by atoms with van der Waals surface area (Å²) in [5.74, 6) is -0.517. The fourth-order valence-electron chi connectivity index (χ4n) is 10.9. The molecule has 0 aliphatic rings. The van der Waals surface area contributed by atoms with Crippen LogP contribution in [0, 0.1) is 0 Å². The number of carbonyl (C=O) groups excluding carboxylic acids is 2. The van der Waals surface area contributed by atoms with Gasteiger partial charge in [0.15, 0.2) is 0 Å². The molecule has 0 spiro atoms. The highest BCUT2D eigenvalue weighted by Crippen LogP contribution is 2.38. The van der Waals surface area contributed by atoms with Gasteiger partial charge in [-0.05, 0) is 57.4 Å². The predicted octanol–water partition coefficient (Wildman–Crippen LogP) is 21.8. The minimum atomic E-state index is -4.70. The van der Waals surface area contributed by atoms with Gasteiger partial charge in [-0.3, -0.25) is 14.2 Å². The zero-order chi connectivity index (χ0) is 59.3. The molecular formula is C71H139N2O7P. The standard InChI is InChI=1S/C71H139N2O7P/c1-7-10-13-16-19-22-25-28-30-31-32-33-34-35-36-37-38-39-40-41-43-45-48-51-54-57-60-63-70(74)72-68(67-79-81(76,77)78-66-65-73(4,5)6)69(62-59-56-53-50-47-44-27-24-21-18-15-12-9-3)80-71(75)64-61-58-55-52-49-46-42-29-26-23-20-17-14-11-8-2/h28,30,59,62,68-69H,7-27,29,31-58,60-61,63-67H2,1-6H3,(H-,72,74,76,77)/b30-28+,62-59-. The molecule has 1 N–H and O–H groups in total. The molecule has 0 aliphatic carbocycles. The molecule has 0 fully saturated rings. The summed E-state index contributed by atoms with van der Waals surface area (Å²) in [6, 6.07) is -0.882. The van der Waals surface area contributed by atoms with E-state index in [0.29, 0.717) is 17.4 Å². The quantitative estimate of drug-likeness (QED) is 0.0212. The zero-order valence-electron chi connectivity index (χ0n) is 55.0. The molecule has 480 valence electrons. The van der Waals surface area contributed by atoms with Crippen LogP contribution in [0.1, 0.15) is 367 Å². The van der Waals surface area contributed by atoms with Crippen molar-refractivity contribution in [1.29, 1.82) is 0 Å². The van der Waals surface area contributed by atoms with Crippen molar-refractivity contribution in [2.45, 2.75) is 380 Å². The van der Waals surface area contributed by atoms with E-state index < -0.39 is 20.0 Å². The molecule has 0 saturated heterocycles. The smallest absolute Gasteiger partial charge is 0.306 e. The molecule has 81 heavy (non-hydrogen) atoms. The van der Waals surface area contributed by atoms with Crippen molar-refractivity contribution < 1.29 is 37.3 Å². The molecule has 0 radical (unpaired) electrons. The van der Waals surface area contributed by atoms with E-state index in [-0.39, 0.29) is 31.5 Å². The first-order valence-corrected chi connectivity index (χ1v) is 37.1. The first-order chi connectivity index (χ1) is 39.4. The molecule has 0 aromatic rings. The molecule has 3 atom stereocenters. The number of carbonyl (C=O) groups is 2. The van der Waals surface area contributed by atoms with Gasteiger partial charge in [-0.1, -0.05) is 322 Å². The lowest BCUT2D eigenvalue weighted by atomic mass is 10.0. The SMILES string of the molecule is CCCCCCCC/C=C/CCCCCCCCCCCCCCCCCCCC(=O)NC(COP(=O)([O-])OCC[N+](C)(C)C)C(/C=C\CCCCCCCCCCCCC)OC(=O)CCCCCCCCCCCCCCCCC. The van der Waals surface area contributed by atoms with Gasteiger partial charge in [-0.2, -0.15) is 0 Å². The number of amides is 1. The summed E-state index contributed by atoms with van der Waals surface area (Å²) in [6.07, 6.45) is 74.5. The maximum Gasteiger partial charge on any atom is 0.306 e. The van der Waals surface area contributed by atoms with Gasteiger partial charge in [0.05, 0.1) is 33.8 Å². The van der Waals surface area contributed by atoms with Crippen LogP contribution in [-0.2, 0) is 27.9 Å². The second-order valence-electron chi connectivity index (χ2n) is 25.7. The van der Waals surface area contributed by atoms with Crippen molar-refractivity contribution in [3.8, 4) is 0 Å². The number of quaternary nitrogens is 1.